The van der Waals surface area contributed by atoms with Gasteiger partial charge in [-0.2, -0.15) is 0 Å². The van der Waals surface area contributed by atoms with Crippen molar-refractivity contribution in [1.29, 1.82) is 0 Å². The van der Waals surface area contributed by atoms with Gasteiger partial charge in [-0.3, -0.25) is 4.90 Å². The number of hydrogen-bond donors (Lipinski definition) is 1. The molecule has 0 spiro atoms. The quantitative estimate of drug-likeness (QED) is 0.575. The summed E-state index contributed by atoms with van der Waals surface area (Å²) in [5, 5.41) is 9.38. The molecule has 0 atom stereocenters. The van der Waals surface area contributed by atoms with Crippen molar-refractivity contribution in [2.24, 2.45) is 0 Å². The summed E-state index contributed by atoms with van der Waals surface area (Å²) >= 11 is 0. The Morgan fingerprint density at radius 3 is 2.27 bits per heavy atom. The van der Waals surface area contributed by atoms with Crippen LogP contribution in [0.1, 0.15) is 20.8 Å². The van der Waals surface area contributed by atoms with Crippen LogP contribution in [-0.4, -0.2) is 40.5 Å². The minimum absolute atomic E-state index is 0.414. The van der Waals surface area contributed by atoms with E-state index in [1.165, 1.54) is 0 Å². The highest BCUT2D eigenvalue weighted by Gasteiger charge is 2.43. The van der Waals surface area contributed by atoms with Crippen LogP contribution in [0.5, 0.6) is 0 Å². The largest absolute Gasteiger partial charge is 0.388 e. The fourth-order valence-corrected chi connectivity index (χ4v) is 1.26. The van der Waals surface area contributed by atoms with Gasteiger partial charge < -0.3 is 9.90 Å². The molecule has 0 aliphatic carbocycles. The maximum Gasteiger partial charge on any atom is 0.139 e. The van der Waals surface area contributed by atoms with Crippen LogP contribution >= 0.6 is 0 Å². The van der Waals surface area contributed by atoms with Crippen molar-refractivity contribution in [1.82, 2.24) is 4.90 Å². The van der Waals surface area contributed by atoms with Crippen LogP contribution in [0.2, 0.25) is 0 Å². The summed E-state index contributed by atoms with van der Waals surface area (Å²) in [6.45, 7) is 6.69. The Morgan fingerprint density at radius 2 is 2.00 bits per heavy atom. The number of aldehydes is 1. The van der Waals surface area contributed by atoms with Gasteiger partial charge in [0.15, 0.2) is 0 Å². The molecule has 11 heavy (non-hydrogen) atoms. The number of carbonyl (C=O) groups is 1. The first-order valence-corrected chi connectivity index (χ1v) is 3.81. The fraction of sp³-hybridized carbons (Fsp3) is 0.875. The van der Waals surface area contributed by atoms with E-state index in [1.807, 2.05) is 18.7 Å². The molecule has 0 bridgehead atoms. The van der Waals surface area contributed by atoms with Gasteiger partial charge in [0.1, 0.15) is 6.29 Å². The normalized spacial score (nSPS) is 24.4. The summed E-state index contributed by atoms with van der Waals surface area (Å²) in [6, 6.07) is 0. The van der Waals surface area contributed by atoms with E-state index in [-0.39, 0.29) is 0 Å². The van der Waals surface area contributed by atoms with Crippen LogP contribution in [-0.2, 0) is 4.79 Å². The summed E-state index contributed by atoms with van der Waals surface area (Å²) in [4.78, 5) is 12.5. The zero-order valence-corrected chi connectivity index (χ0v) is 7.29. The third kappa shape index (κ3) is 1.60. The van der Waals surface area contributed by atoms with Gasteiger partial charge in [0.25, 0.3) is 0 Å². The number of likely N-dealkylation sites (tertiary alicyclic amines) is 1. The molecule has 0 aromatic rings. The summed E-state index contributed by atoms with van der Waals surface area (Å²) in [5.41, 5.74) is -0.998. The van der Waals surface area contributed by atoms with Crippen molar-refractivity contribution < 1.29 is 9.90 Å². The van der Waals surface area contributed by atoms with E-state index in [0.29, 0.717) is 13.1 Å². The molecule has 1 heterocycles. The molecule has 0 aromatic carbocycles. The predicted molar refractivity (Wildman–Crippen MR) is 42.3 cm³/mol. The molecule has 0 unspecified atom stereocenters. The molecule has 3 heteroatoms. The fourth-order valence-electron chi connectivity index (χ4n) is 1.26. The number of hydrogen-bond acceptors (Lipinski definition) is 3. The highest BCUT2D eigenvalue weighted by atomic mass is 16.3. The second kappa shape index (κ2) is 2.29. The molecule has 0 amide bonds. The van der Waals surface area contributed by atoms with Crippen LogP contribution in [0, 0.1) is 0 Å². The van der Waals surface area contributed by atoms with E-state index in [1.54, 1.807) is 6.92 Å². The van der Waals surface area contributed by atoms with Gasteiger partial charge in [0.05, 0.1) is 11.1 Å². The number of aliphatic hydroxyl groups is 1. The standard InChI is InChI=1S/C8H15NO2/c1-7(2,6-10)9-4-8(3,11)5-9/h6,11H,4-5H2,1-3H3. The van der Waals surface area contributed by atoms with Crippen molar-refractivity contribution >= 4 is 6.29 Å². The summed E-state index contributed by atoms with van der Waals surface area (Å²) in [6.07, 6.45) is 0.919. The zero-order chi connectivity index (χ0) is 8.70. The lowest BCUT2D eigenvalue weighted by atomic mass is 9.90. The van der Waals surface area contributed by atoms with E-state index >= 15 is 0 Å². The average molecular weight is 157 g/mol. The van der Waals surface area contributed by atoms with Gasteiger partial charge in [0, 0.05) is 13.1 Å². The van der Waals surface area contributed by atoms with Gasteiger partial charge in [-0.05, 0) is 20.8 Å². The smallest absolute Gasteiger partial charge is 0.139 e. The van der Waals surface area contributed by atoms with Crippen molar-refractivity contribution in [2.45, 2.75) is 31.9 Å². The molecule has 1 aliphatic heterocycles. The first-order chi connectivity index (χ1) is 4.87. The van der Waals surface area contributed by atoms with Gasteiger partial charge in [-0.25, -0.2) is 0 Å². The summed E-state index contributed by atoms with van der Waals surface area (Å²) in [7, 11) is 0. The van der Waals surface area contributed by atoms with Crippen LogP contribution in [0.25, 0.3) is 0 Å². The lowest BCUT2D eigenvalue weighted by Gasteiger charge is -2.50. The Balaban J connectivity index is 2.49. The van der Waals surface area contributed by atoms with Crippen molar-refractivity contribution in [3.63, 3.8) is 0 Å². The molecule has 64 valence electrons. The van der Waals surface area contributed by atoms with Gasteiger partial charge >= 0.3 is 0 Å². The van der Waals surface area contributed by atoms with Gasteiger partial charge in [0.2, 0.25) is 0 Å². The van der Waals surface area contributed by atoms with E-state index in [0.717, 1.165) is 6.29 Å². The molecule has 0 radical (unpaired) electrons. The Bertz CT molecular complexity index is 167. The molecule has 1 fully saturated rings. The molecule has 1 saturated heterocycles. The first kappa shape index (κ1) is 8.68. The lowest BCUT2D eigenvalue weighted by Crippen LogP contribution is -2.66. The minimum atomic E-state index is -0.583. The lowest BCUT2D eigenvalue weighted by molar-refractivity contribution is -0.141. The van der Waals surface area contributed by atoms with Crippen LogP contribution < -0.4 is 0 Å². The molecule has 0 aromatic heterocycles. The third-order valence-electron chi connectivity index (χ3n) is 2.17. The second-order valence-corrected chi connectivity index (χ2v) is 4.12. The summed E-state index contributed by atoms with van der Waals surface area (Å²) < 4.78 is 0. The third-order valence-corrected chi connectivity index (χ3v) is 2.17. The number of rotatable bonds is 2. The molecule has 0 saturated carbocycles. The molecule has 1 aliphatic rings. The maximum absolute atomic E-state index is 10.5. The molecule has 1 rings (SSSR count). The zero-order valence-electron chi connectivity index (χ0n) is 7.29. The number of carbonyl (C=O) groups excluding carboxylic acids is 1. The van der Waals surface area contributed by atoms with Crippen molar-refractivity contribution in [3.05, 3.63) is 0 Å². The van der Waals surface area contributed by atoms with Crippen LogP contribution in [0.15, 0.2) is 0 Å². The van der Waals surface area contributed by atoms with Crippen molar-refractivity contribution in [3.8, 4) is 0 Å². The SMILES string of the molecule is CC1(O)CN(C(C)(C)C=O)C1. The minimum Gasteiger partial charge on any atom is -0.388 e. The topological polar surface area (TPSA) is 40.5 Å². The Kier molecular flexibility index (Phi) is 1.81. The highest BCUT2D eigenvalue weighted by molar-refractivity contribution is 5.63. The Labute approximate surface area is 67.0 Å². The average Bonchev–Trinajstić information content (AvgIpc) is 1.83. The molecular weight excluding hydrogens is 142 g/mol. The maximum atomic E-state index is 10.5. The van der Waals surface area contributed by atoms with Crippen LogP contribution in [0.3, 0.4) is 0 Å². The van der Waals surface area contributed by atoms with E-state index in [2.05, 4.69) is 0 Å². The summed E-state index contributed by atoms with van der Waals surface area (Å²) in [5.74, 6) is 0. The second-order valence-electron chi connectivity index (χ2n) is 4.12. The molecular formula is C8H15NO2. The number of nitrogens with zero attached hydrogens (tertiary/aromatic N) is 1. The molecule has 1 N–H and O–H groups in total. The van der Waals surface area contributed by atoms with Crippen molar-refractivity contribution in [2.75, 3.05) is 13.1 Å². The van der Waals surface area contributed by atoms with E-state index < -0.39 is 11.1 Å². The predicted octanol–water partition coefficient (Wildman–Crippen LogP) is 0.0305. The van der Waals surface area contributed by atoms with E-state index in [4.69, 9.17) is 0 Å². The highest BCUT2D eigenvalue weighted by Crippen LogP contribution is 2.26. The first-order valence-electron chi connectivity index (χ1n) is 3.81. The van der Waals surface area contributed by atoms with E-state index in [9.17, 15) is 9.90 Å². The van der Waals surface area contributed by atoms with Gasteiger partial charge in [-0.1, -0.05) is 0 Å². The Morgan fingerprint density at radius 1 is 1.55 bits per heavy atom. The van der Waals surface area contributed by atoms with Crippen LogP contribution in [0.4, 0.5) is 0 Å². The Hall–Kier alpha value is -0.410. The number of β-amino-alcohol motifs (C(OH)–C–C–N with tert-alkyl or cyclic N) is 1. The monoisotopic (exact) mass is 157 g/mol. The molecule has 3 nitrogen and oxygen atoms in total. The van der Waals surface area contributed by atoms with Gasteiger partial charge in [-0.15, -0.1) is 0 Å².